The topological polar surface area (TPSA) is 95.0 Å². The van der Waals surface area contributed by atoms with E-state index in [1.807, 2.05) is 36.7 Å². The fourth-order valence-corrected chi connectivity index (χ4v) is 12.4. The van der Waals surface area contributed by atoms with Crippen molar-refractivity contribution in [1.82, 2.24) is 30.0 Å². The molecule has 0 N–H and O–H groups in total. The molecule has 5 aromatic carbocycles. The van der Waals surface area contributed by atoms with Gasteiger partial charge in [0.1, 0.15) is 23.7 Å². The van der Waals surface area contributed by atoms with Crippen molar-refractivity contribution >= 4 is 32.6 Å². The maximum atomic E-state index is 7.60. The van der Waals surface area contributed by atoms with E-state index in [2.05, 4.69) is 132 Å². The van der Waals surface area contributed by atoms with Gasteiger partial charge < -0.3 is 18.9 Å². The molecule has 10 atom stereocenters. The van der Waals surface area contributed by atoms with Gasteiger partial charge in [-0.1, -0.05) is 72.8 Å². The minimum atomic E-state index is -0.418. The Kier molecular flexibility index (Phi) is 11.7. The number of methoxy groups -OCH3 is 2. The van der Waals surface area contributed by atoms with Gasteiger partial charge in [-0.15, -0.1) is 23.4 Å². The van der Waals surface area contributed by atoms with Gasteiger partial charge in [-0.25, -0.2) is 0 Å². The summed E-state index contributed by atoms with van der Waals surface area (Å²) in [7, 11) is 3.41. The number of pyridine rings is 2. The molecule has 10 nitrogen and oxygen atoms in total. The van der Waals surface area contributed by atoms with Crippen molar-refractivity contribution in [2.24, 2.45) is 23.7 Å². The SMILES string of the molecule is C=CC1CN2CCC1CC2C(Oc1nnc(O[C@@H](c2ccnc3ccc(OC)cc23)C2CC3CCN2CC3C=C)c2cc(-c3ccccc3)c(-c3ccccc3)cc12)c1ccnc2ccc(OC)cc12. The fourth-order valence-electron chi connectivity index (χ4n) is 12.4. The predicted octanol–water partition coefficient (Wildman–Crippen LogP) is 12.1. The maximum Gasteiger partial charge on any atom is 0.242 e. The van der Waals surface area contributed by atoms with E-state index in [4.69, 9.17) is 39.1 Å². The molecule has 0 radical (unpaired) electrons. The van der Waals surface area contributed by atoms with Crippen LogP contribution in [0.4, 0.5) is 0 Å². The Morgan fingerprint density at radius 3 is 1.37 bits per heavy atom. The van der Waals surface area contributed by atoms with E-state index in [1.165, 1.54) is 0 Å². The molecule has 0 amide bonds. The van der Waals surface area contributed by atoms with Gasteiger partial charge >= 0.3 is 0 Å². The van der Waals surface area contributed by atoms with Gasteiger partial charge in [0.15, 0.2) is 0 Å². The number of rotatable bonds is 14. The molecule has 0 aliphatic carbocycles. The van der Waals surface area contributed by atoms with E-state index in [-0.39, 0.29) is 12.1 Å². The second-order valence-electron chi connectivity index (χ2n) is 19.6. The minimum absolute atomic E-state index is 0.0632. The Morgan fingerprint density at radius 1 is 0.543 bits per heavy atom. The number of piperidine rings is 6. The zero-order valence-electron chi connectivity index (χ0n) is 39.9. The highest BCUT2D eigenvalue weighted by atomic mass is 16.5. The highest BCUT2D eigenvalue weighted by Crippen LogP contribution is 2.49. The lowest BCUT2D eigenvalue weighted by atomic mass is 9.73. The van der Waals surface area contributed by atoms with Crippen LogP contribution in [0.2, 0.25) is 0 Å². The van der Waals surface area contributed by atoms with E-state index in [1.54, 1.807) is 14.2 Å². The number of hydrogen-bond acceptors (Lipinski definition) is 10. The fraction of sp³-hybridized carbons (Fsp3) is 0.300. The summed E-state index contributed by atoms with van der Waals surface area (Å²) >= 11 is 0. The molecule has 4 bridgehead atoms. The molecule has 10 heteroatoms. The standard InChI is InChI=1S/C60H58N6O4/c1-5-37-35-65-27-23-41(37)29-55(65)57(45-21-25-61-53-19-17-43(67-3)31-49(45)53)69-59-51-33-47(39-13-9-7-10-14-39)48(40-15-11-8-12-16-40)34-52(51)60(64-63-59)70-58(56-30-42-24-28-66(56)36-38(42)6-2)46-22-26-62-54-20-18-44(68-4)32-50(46)54/h5-22,25-26,31-34,37-38,41-42,55-58H,1-2,23-24,27-30,35-36H2,3-4H3/t37?,38?,41?,42?,55?,56?,57-,58?/m0/s1. The largest absolute Gasteiger partial charge is 0.497 e. The molecule has 6 aliphatic heterocycles. The Labute approximate surface area is 409 Å². The van der Waals surface area contributed by atoms with Crippen molar-refractivity contribution in [2.75, 3.05) is 40.4 Å². The van der Waals surface area contributed by atoms with E-state index >= 15 is 0 Å². The average molecular weight is 927 g/mol. The lowest BCUT2D eigenvalue weighted by Gasteiger charge is -2.51. The first-order valence-electron chi connectivity index (χ1n) is 24.9. The van der Waals surface area contributed by atoms with Crippen LogP contribution in [0.15, 0.2) is 159 Å². The number of ether oxygens (including phenoxy) is 4. The van der Waals surface area contributed by atoms with Gasteiger partial charge in [0.2, 0.25) is 11.8 Å². The van der Waals surface area contributed by atoms with Crippen LogP contribution in [0.5, 0.6) is 23.3 Å². The number of hydrogen-bond donors (Lipinski definition) is 0. The summed E-state index contributed by atoms with van der Waals surface area (Å²) in [6.45, 7) is 12.4. The van der Waals surface area contributed by atoms with Crippen molar-refractivity contribution < 1.29 is 18.9 Å². The Morgan fingerprint density at radius 2 is 0.986 bits per heavy atom. The lowest BCUT2D eigenvalue weighted by Crippen LogP contribution is -2.55. The van der Waals surface area contributed by atoms with Gasteiger partial charge in [-0.3, -0.25) is 19.8 Å². The van der Waals surface area contributed by atoms with Crippen LogP contribution >= 0.6 is 0 Å². The van der Waals surface area contributed by atoms with Crippen LogP contribution in [0.25, 0.3) is 54.8 Å². The molecular weight excluding hydrogens is 869 g/mol. The summed E-state index contributed by atoms with van der Waals surface area (Å²) in [6.07, 6.45) is 11.5. The summed E-state index contributed by atoms with van der Waals surface area (Å²) in [4.78, 5) is 14.8. The first kappa shape index (κ1) is 44.1. The van der Waals surface area contributed by atoms with Crippen molar-refractivity contribution in [2.45, 2.75) is 50.0 Å². The molecule has 0 saturated carbocycles. The molecule has 3 aromatic heterocycles. The Hall–Kier alpha value is -7.14. The lowest BCUT2D eigenvalue weighted by molar-refractivity contribution is -0.0382. The molecule has 6 fully saturated rings. The summed E-state index contributed by atoms with van der Waals surface area (Å²) in [5.41, 5.74) is 8.12. The quantitative estimate of drug-likeness (QED) is 0.0981. The van der Waals surface area contributed by atoms with E-state index in [0.717, 1.165) is 129 Å². The van der Waals surface area contributed by atoms with Crippen LogP contribution in [-0.4, -0.2) is 82.4 Å². The molecule has 14 rings (SSSR count). The molecule has 70 heavy (non-hydrogen) atoms. The maximum absolute atomic E-state index is 7.60. The highest BCUT2D eigenvalue weighted by Gasteiger charge is 2.46. The van der Waals surface area contributed by atoms with Crippen LogP contribution < -0.4 is 18.9 Å². The molecule has 9 unspecified atom stereocenters. The first-order chi connectivity index (χ1) is 34.5. The first-order valence-corrected chi connectivity index (χ1v) is 24.9. The van der Waals surface area contributed by atoms with Crippen molar-refractivity contribution in [1.29, 1.82) is 0 Å². The Bertz CT molecular complexity index is 3020. The van der Waals surface area contributed by atoms with Gasteiger partial charge in [-0.2, -0.15) is 0 Å². The van der Waals surface area contributed by atoms with Crippen LogP contribution in [0, 0.1) is 23.7 Å². The summed E-state index contributed by atoms with van der Waals surface area (Å²) in [5, 5.41) is 13.9. The molecule has 8 aromatic rings. The average Bonchev–Trinajstić information content (AvgIpc) is 3.43. The summed E-state index contributed by atoms with van der Waals surface area (Å²) in [6, 6.07) is 42.2. The van der Waals surface area contributed by atoms with Gasteiger partial charge in [0.25, 0.3) is 0 Å². The number of benzene rings is 5. The van der Waals surface area contributed by atoms with Gasteiger partial charge in [0, 0.05) is 47.4 Å². The Balaban J connectivity index is 1.07. The van der Waals surface area contributed by atoms with Crippen molar-refractivity contribution in [3.8, 4) is 45.5 Å². The third kappa shape index (κ3) is 7.93. The molecule has 6 aliphatic rings. The summed E-state index contributed by atoms with van der Waals surface area (Å²) in [5.74, 6) is 4.32. The predicted molar refractivity (Wildman–Crippen MR) is 277 cm³/mol. The van der Waals surface area contributed by atoms with Crippen molar-refractivity contribution in [3.05, 3.63) is 170 Å². The zero-order valence-corrected chi connectivity index (χ0v) is 39.9. The normalized spacial score (nSPS) is 24.5. The van der Waals surface area contributed by atoms with E-state index in [9.17, 15) is 0 Å². The third-order valence-corrected chi connectivity index (χ3v) is 16.1. The van der Waals surface area contributed by atoms with Crippen LogP contribution in [0.3, 0.4) is 0 Å². The van der Waals surface area contributed by atoms with Gasteiger partial charge in [-0.05, 0) is 145 Å². The van der Waals surface area contributed by atoms with Crippen LogP contribution in [-0.2, 0) is 0 Å². The number of aromatic nitrogens is 4. The molecular formula is C60H58N6O4. The second kappa shape index (κ2) is 18.6. The number of fused-ring (bicyclic) bond motifs is 9. The van der Waals surface area contributed by atoms with E-state index in [0.29, 0.717) is 35.4 Å². The summed E-state index contributed by atoms with van der Waals surface area (Å²) < 4.78 is 26.8. The molecule has 6 saturated heterocycles. The highest BCUT2D eigenvalue weighted by molar-refractivity contribution is 6.00. The number of nitrogens with zero attached hydrogens (tertiary/aromatic N) is 6. The zero-order chi connectivity index (χ0) is 47.3. The third-order valence-electron chi connectivity index (χ3n) is 16.1. The molecule has 0 spiro atoms. The molecule has 9 heterocycles. The smallest absolute Gasteiger partial charge is 0.242 e. The second-order valence-corrected chi connectivity index (χ2v) is 19.6. The monoisotopic (exact) mass is 926 g/mol. The molecule has 352 valence electrons. The van der Waals surface area contributed by atoms with Crippen LogP contribution in [0.1, 0.15) is 49.0 Å². The van der Waals surface area contributed by atoms with E-state index < -0.39 is 12.2 Å². The minimum Gasteiger partial charge on any atom is -0.497 e. The van der Waals surface area contributed by atoms with Gasteiger partial charge in [0.05, 0.1) is 48.1 Å². The van der Waals surface area contributed by atoms with Crippen molar-refractivity contribution in [3.63, 3.8) is 0 Å².